The summed E-state index contributed by atoms with van der Waals surface area (Å²) in [5, 5.41) is 10.1. The van der Waals surface area contributed by atoms with Crippen molar-refractivity contribution in [2.75, 3.05) is 12.3 Å². The van der Waals surface area contributed by atoms with Crippen LogP contribution in [0, 0.1) is 0 Å². The van der Waals surface area contributed by atoms with E-state index in [4.69, 9.17) is 0 Å². The smallest absolute Gasteiger partial charge is 0.232 e. The van der Waals surface area contributed by atoms with E-state index < -0.39 is 11.2 Å². The molecule has 0 unspecified atom stereocenters. The minimum Gasteiger partial charge on any atom is -0.549 e. The summed E-state index contributed by atoms with van der Waals surface area (Å²) < 4.78 is 0. The number of carboxylic acids is 1. The lowest BCUT2D eigenvalue weighted by atomic mass is 10.1. The Kier molecular flexibility index (Phi) is 7.54. The Balaban J connectivity index is 2.00. The van der Waals surface area contributed by atoms with Gasteiger partial charge >= 0.3 is 0 Å². The van der Waals surface area contributed by atoms with Crippen molar-refractivity contribution in [3.63, 3.8) is 0 Å². The number of carboxylic acid groups (broad SMARTS) is 1. The number of thioether (sulfide) groups is 1. The zero-order chi connectivity index (χ0) is 18.1. The minimum absolute atomic E-state index is 0.0575. The van der Waals surface area contributed by atoms with Crippen LogP contribution in [-0.2, 0) is 22.6 Å². The van der Waals surface area contributed by atoms with Crippen molar-refractivity contribution in [2.45, 2.75) is 25.1 Å². The highest BCUT2D eigenvalue weighted by Gasteiger charge is 2.16. The van der Waals surface area contributed by atoms with Crippen LogP contribution in [0.5, 0.6) is 0 Å². The van der Waals surface area contributed by atoms with Crippen LogP contribution in [0.3, 0.4) is 0 Å². The quantitative estimate of drug-likeness (QED) is 0.691. The maximum absolute atomic E-state index is 12.6. The first-order chi connectivity index (χ1) is 12.1. The average Bonchev–Trinajstić information content (AvgIpc) is 2.64. The van der Waals surface area contributed by atoms with Crippen LogP contribution >= 0.6 is 11.8 Å². The maximum atomic E-state index is 12.6. The Morgan fingerprint density at radius 2 is 1.56 bits per heavy atom. The van der Waals surface area contributed by atoms with Crippen LogP contribution in [-0.4, -0.2) is 34.3 Å². The van der Waals surface area contributed by atoms with E-state index in [-0.39, 0.29) is 11.7 Å². The van der Waals surface area contributed by atoms with Crippen molar-refractivity contribution < 1.29 is 14.7 Å². The number of nitrogens with zero attached hydrogens (tertiary/aromatic N) is 1. The molecule has 2 rings (SSSR count). The first-order valence-electron chi connectivity index (χ1n) is 8.24. The van der Waals surface area contributed by atoms with Crippen molar-refractivity contribution in [3.8, 4) is 0 Å². The topological polar surface area (TPSA) is 60.4 Å². The van der Waals surface area contributed by atoms with Gasteiger partial charge in [-0.25, -0.2) is 0 Å². The molecule has 1 atom stereocenters. The highest BCUT2D eigenvalue weighted by molar-refractivity contribution is 8.01. The van der Waals surface area contributed by atoms with E-state index in [9.17, 15) is 14.7 Å². The lowest BCUT2D eigenvalue weighted by molar-refractivity contribution is -0.304. The molecule has 0 aliphatic carbocycles. The normalized spacial score (nSPS) is 11.7. The molecule has 1 amide bonds. The van der Waals surface area contributed by atoms with Crippen molar-refractivity contribution >= 4 is 23.6 Å². The minimum atomic E-state index is -1.14. The fraction of sp³-hybridized carbons (Fsp3) is 0.300. The molecule has 25 heavy (non-hydrogen) atoms. The lowest BCUT2D eigenvalue weighted by Crippen LogP contribution is -2.36. The van der Waals surface area contributed by atoms with E-state index in [0.717, 1.165) is 23.7 Å². The van der Waals surface area contributed by atoms with Gasteiger partial charge in [0.25, 0.3) is 0 Å². The Morgan fingerprint density at radius 3 is 2.12 bits per heavy atom. The van der Waals surface area contributed by atoms with Crippen LogP contribution < -0.4 is 5.11 Å². The molecule has 5 heteroatoms. The summed E-state index contributed by atoms with van der Waals surface area (Å²) in [5.41, 5.74) is 2.23. The first-order valence-corrected chi connectivity index (χ1v) is 9.29. The van der Waals surface area contributed by atoms with Crippen LogP contribution in [0.1, 0.15) is 18.1 Å². The molecular formula is C20H22NO3S-. The third-order valence-corrected chi connectivity index (χ3v) is 4.98. The SMILES string of the molecule is C[C@@H](SCC(=O)N(CCc1ccccc1)Cc1ccccc1)C(=O)[O-]. The van der Waals surface area contributed by atoms with Gasteiger partial charge in [0.2, 0.25) is 5.91 Å². The number of hydrogen-bond donors (Lipinski definition) is 0. The second-order valence-corrected chi connectivity index (χ2v) is 7.14. The van der Waals surface area contributed by atoms with Crippen molar-refractivity contribution in [2.24, 2.45) is 0 Å². The summed E-state index contributed by atoms with van der Waals surface area (Å²) >= 11 is 1.10. The van der Waals surface area contributed by atoms with Crippen LogP contribution in [0.4, 0.5) is 0 Å². The molecule has 2 aromatic rings. The Labute approximate surface area is 152 Å². The predicted molar refractivity (Wildman–Crippen MR) is 98.9 cm³/mol. The number of carbonyl (C=O) groups excluding carboxylic acids is 2. The van der Waals surface area contributed by atoms with Crippen molar-refractivity contribution in [1.82, 2.24) is 4.90 Å². The molecule has 0 bridgehead atoms. The zero-order valence-corrected chi connectivity index (χ0v) is 15.1. The molecule has 0 radical (unpaired) electrons. The van der Waals surface area contributed by atoms with Gasteiger partial charge in [0, 0.05) is 18.3 Å². The van der Waals surface area contributed by atoms with Crippen LogP contribution in [0.25, 0.3) is 0 Å². The summed E-state index contributed by atoms with van der Waals surface area (Å²) in [5.74, 6) is -1.06. The number of carbonyl (C=O) groups is 2. The fourth-order valence-corrected chi connectivity index (χ4v) is 3.07. The van der Waals surface area contributed by atoms with Gasteiger partial charge in [0.05, 0.1) is 11.7 Å². The molecule has 0 saturated heterocycles. The Hall–Kier alpha value is -2.27. The van der Waals surface area contributed by atoms with Gasteiger partial charge < -0.3 is 14.8 Å². The summed E-state index contributed by atoms with van der Waals surface area (Å²) in [6.45, 7) is 2.66. The molecule has 2 aromatic carbocycles. The number of aliphatic carboxylic acids is 1. The van der Waals surface area contributed by atoms with E-state index in [2.05, 4.69) is 0 Å². The van der Waals surface area contributed by atoms with Crippen molar-refractivity contribution in [1.29, 1.82) is 0 Å². The van der Waals surface area contributed by atoms with E-state index >= 15 is 0 Å². The third kappa shape index (κ3) is 6.63. The van der Waals surface area contributed by atoms with Gasteiger partial charge in [-0.3, -0.25) is 4.79 Å². The van der Waals surface area contributed by atoms with E-state index in [1.54, 1.807) is 11.8 Å². The van der Waals surface area contributed by atoms with Gasteiger partial charge in [0.1, 0.15) is 0 Å². The molecule has 0 heterocycles. The highest BCUT2D eigenvalue weighted by Crippen LogP contribution is 2.13. The van der Waals surface area contributed by atoms with E-state index in [1.165, 1.54) is 5.56 Å². The summed E-state index contributed by atoms with van der Waals surface area (Å²) in [6.07, 6.45) is 0.764. The van der Waals surface area contributed by atoms with Crippen LogP contribution in [0.2, 0.25) is 0 Å². The summed E-state index contributed by atoms with van der Waals surface area (Å²) in [7, 11) is 0. The first kappa shape index (κ1) is 19.1. The van der Waals surface area contributed by atoms with Gasteiger partial charge in [-0.05, 0) is 24.5 Å². The molecule has 0 N–H and O–H groups in total. The van der Waals surface area contributed by atoms with Gasteiger partial charge in [-0.1, -0.05) is 60.7 Å². The summed E-state index contributed by atoms with van der Waals surface area (Å²) in [4.78, 5) is 25.2. The number of hydrogen-bond acceptors (Lipinski definition) is 4. The standard InChI is InChI=1S/C20H23NO3S/c1-16(20(23)24)25-15-19(22)21(14-18-10-6-3-7-11-18)13-12-17-8-4-2-5-9-17/h2-11,16H,12-15H2,1H3,(H,23,24)/p-1/t16-/m1/s1. The third-order valence-electron chi connectivity index (χ3n) is 3.87. The van der Waals surface area contributed by atoms with Gasteiger partial charge in [-0.15, -0.1) is 11.8 Å². The largest absolute Gasteiger partial charge is 0.549 e. The predicted octanol–water partition coefficient (Wildman–Crippen LogP) is 2.13. The number of benzene rings is 2. The van der Waals surface area contributed by atoms with E-state index in [0.29, 0.717) is 13.1 Å². The summed E-state index contributed by atoms with van der Waals surface area (Å²) in [6, 6.07) is 19.8. The fourth-order valence-electron chi connectivity index (χ4n) is 2.36. The molecular weight excluding hydrogens is 334 g/mol. The second-order valence-electron chi connectivity index (χ2n) is 5.81. The van der Waals surface area contributed by atoms with E-state index in [1.807, 2.05) is 60.7 Å². The molecule has 4 nitrogen and oxygen atoms in total. The highest BCUT2D eigenvalue weighted by atomic mass is 32.2. The molecule has 132 valence electrons. The molecule has 0 fully saturated rings. The molecule has 0 spiro atoms. The van der Waals surface area contributed by atoms with Gasteiger partial charge in [-0.2, -0.15) is 0 Å². The molecule has 0 aromatic heterocycles. The molecule has 0 saturated carbocycles. The Morgan fingerprint density at radius 1 is 1.00 bits per heavy atom. The van der Waals surface area contributed by atoms with Gasteiger partial charge in [0.15, 0.2) is 0 Å². The monoisotopic (exact) mass is 356 g/mol. The maximum Gasteiger partial charge on any atom is 0.232 e. The number of rotatable bonds is 9. The van der Waals surface area contributed by atoms with Crippen molar-refractivity contribution in [3.05, 3.63) is 71.8 Å². The Bertz CT molecular complexity index is 676. The molecule has 0 aliphatic rings. The average molecular weight is 356 g/mol. The number of amides is 1. The zero-order valence-electron chi connectivity index (χ0n) is 14.3. The molecule has 0 aliphatic heterocycles. The van der Waals surface area contributed by atoms with Crippen LogP contribution in [0.15, 0.2) is 60.7 Å². The lowest BCUT2D eigenvalue weighted by Gasteiger charge is -2.24. The second kappa shape index (κ2) is 9.89.